The minimum absolute atomic E-state index is 0.0311. The van der Waals surface area contributed by atoms with Gasteiger partial charge < -0.3 is 13.9 Å². The molecular weight excluding hydrogens is 545 g/mol. The fraction of sp³-hybridized carbons (Fsp3) is 0.114. The van der Waals surface area contributed by atoms with Crippen molar-refractivity contribution in [3.05, 3.63) is 137 Å². The predicted octanol–water partition coefficient (Wildman–Crippen LogP) is 7.54. The molecule has 0 amide bonds. The standard InChI is InChI=1S/C35H28FN3O4/c1-3-11-25-18-23(19-31(41-4-2)33(25)42-22-26-13-5-8-15-28(26)36)21-37-39-34(32-20-24-12-6-10-17-30(24)43-32)38-29-16-9-7-14-27(29)35(39)40/h3,5-10,12-21H,1,4,11,22H2,2H3. The number of aromatic nitrogens is 2. The van der Waals surface area contributed by atoms with Crippen molar-refractivity contribution in [1.29, 1.82) is 0 Å². The van der Waals surface area contributed by atoms with Crippen LogP contribution in [-0.2, 0) is 13.0 Å². The van der Waals surface area contributed by atoms with Crippen LogP contribution in [-0.4, -0.2) is 22.5 Å². The summed E-state index contributed by atoms with van der Waals surface area (Å²) in [6, 6.07) is 26.7. The zero-order valence-electron chi connectivity index (χ0n) is 23.5. The van der Waals surface area contributed by atoms with Gasteiger partial charge in [0.2, 0.25) is 5.82 Å². The molecule has 8 heteroatoms. The van der Waals surface area contributed by atoms with Crippen molar-refractivity contribution in [2.24, 2.45) is 5.10 Å². The van der Waals surface area contributed by atoms with Gasteiger partial charge in [0.15, 0.2) is 17.3 Å². The summed E-state index contributed by atoms with van der Waals surface area (Å²) in [5.74, 6) is 1.32. The van der Waals surface area contributed by atoms with E-state index >= 15 is 0 Å². The first-order valence-corrected chi connectivity index (χ1v) is 13.9. The maximum atomic E-state index is 14.3. The number of hydrogen-bond acceptors (Lipinski definition) is 6. The third-order valence-corrected chi connectivity index (χ3v) is 6.87. The van der Waals surface area contributed by atoms with E-state index in [0.29, 0.717) is 57.9 Å². The van der Waals surface area contributed by atoms with Gasteiger partial charge in [0.25, 0.3) is 5.56 Å². The number of rotatable bonds is 10. The quantitative estimate of drug-likeness (QED) is 0.125. The number of para-hydroxylation sites is 2. The first-order valence-electron chi connectivity index (χ1n) is 13.9. The number of ether oxygens (including phenoxy) is 2. The summed E-state index contributed by atoms with van der Waals surface area (Å²) < 4.78 is 33.6. The highest BCUT2D eigenvalue weighted by molar-refractivity contribution is 5.85. The summed E-state index contributed by atoms with van der Waals surface area (Å²) in [6.45, 7) is 6.16. The number of furan rings is 1. The fourth-order valence-corrected chi connectivity index (χ4v) is 4.86. The lowest BCUT2D eigenvalue weighted by Crippen LogP contribution is -2.20. The highest BCUT2D eigenvalue weighted by Gasteiger charge is 2.18. The molecular formula is C35H28FN3O4. The van der Waals surface area contributed by atoms with E-state index in [2.05, 4.69) is 11.7 Å². The summed E-state index contributed by atoms with van der Waals surface area (Å²) in [6.07, 6.45) is 3.79. The van der Waals surface area contributed by atoms with Crippen LogP contribution < -0.4 is 15.0 Å². The molecule has 0 spiro atoms. The molecule has 4 aromatic carbocycles. The van der Waals surface area contributed by atoms with Crippen LogP contribution in [0.25, 0.3) is 33.5 Å². The van der Waals surface area contributed by atoms with Gasteiger partial charge in [-0.25, -0.2) is 9.37 Å². The van der Waals surface area contributed by atoms with Gasteiger partial charge in [0.1, 0.15) is 18.0 Å². The Morgan fingerprint density at radius 1 is 0.977 bits per heavy atom. The highest BCUT2D eigenvalue weighted by atomic mass is 19.1. The maximum absolute atomic E-state index is 14.3. The second kappa shape index (κ2) is 12.2. The number of hydrogen-bond donors (Lipinski definition) is 0. The van der Waals surface area contributed by atoms with Gasteiger partial charge in [0.05, 0.1) is 23.7 Å². The normalized spacial score (nSPS) is 11.4. The molecule has 0 saturated carbocycles. The molecule has 0 aliphatic carbocycles. The van der Waals surface area contributed by atoms with Crippen LogP contribution in [0.15, 0.2) is 118 Å². The van der Waals surface area contributed by atoms with E-state index in [9.17, 15) is 9.18 Å². The molecule has 0 aliphatic heterocycles. The summed E-state index contributed by atoms with van der Waals surface area (Å²) >= 11 is 0. The lowest BCUT2D eigenvalue weighted by atomic mass is 10.1. The first kappa shape index (κ1) is 27.7. The smallest absolute Gasteiger partial charge is 0.282 e. The Labute approximate surface area is 247 Å². The Morgan fingerprint density at radius 3 is 2.58 bits per heavy atom. The van der Waals surface area contributed by atoms with Gasteiger partial charge in [-0.2, -0.15) is 9.78 Å². The largest absolute Gasteiger partial charge is 0.490 e. The van der Waals surface area contributed by atoms with Crippen molar-refractivity contribution in [2.45, 2.75) is 20.0 Å². The molecule has 0 fully saturated rings. The molecule has 6 rings (SSSR count). The zero-order chi connectivity index (χ0) is 29.8. The van der Waals surface area contributed by atoms with Crippen LogP contribution in [0.4, 0.5) is 4.39 Å². The number of halogens is 1. The van der Waals surface area contributed by atoms with E-state index in [-0.39, 0.29) is 23.8 Å². The minimum Gasteiger partial charge on any atom is -0.490 e. The second-order valence-electron chi connectivity index (χ2n) is 9.78. The van der Waals surface area contributed by atoms with E-state index in [1.54, 1.807) is 54.8 Å². The van der Waals surface area contributed by atoms with Gasteiger partial charge in [-0.15, -0.1) is 6.58 Å². The third kappa shape index (κ3) is 5.67. The second-order valence-corrected chi connectivity index (χ2v) is 9.78. The third-order valence-electron chi connectivity index (χ3n) is 6.87. The van der Waals surface area contributed by atoms with Crippen molar-refractivity contribution in [3.8, 4) is 23.1 Å². The molecule has 43 heavy (non-hydrogen) atoms. The summed E-state index contributed by atoms with van der Waals surface area (Å²) in [4.78, 5) is 18.4. The molecule has 0 radical (unpaired) electrons. The molecule has 0 unspecified atom stereocenters. The van der Waals surface area contributed by atoms with Crippen LogP contribution in [0.3, 0.4) is 0 Å². The topological polar surface area (TPSA) is 78.9 Å². The van der Waals surface area contributed by atoms with Crippen LogP contribution in [0, 0.1) is 5.82 Å². The lowest BCUT2D eigenvalue weighted by molar-refractivity contribution is 0.263. The van der Waals surface area contributed by atoms with E-state index in [0.717, 1.165) is 10.9 Å². The molecule has 214 valence electrons. The van der Waals surface area contributed by atoms with Crippen molar-refractivity contribution in [2.75, 3.05) is 6.61 Å². The number of allylic oxidation sites excluding steroid dienone is 1. The Morgan fingerprint density at radius 2 is 1.77 bits per heavy atom. The maximum Gasteiger partial charge on any atom is 0.282 e. The number of nitrogens with zero attached hydrogens (tertiary/aromatic N) is 3. The fourth-order valence-electron chi connectivity index (χ4n) is 4.86. The summed E-state index contributed by atoms with van der Waals surface area (Å²) in [7, 11) is 0. The minimum atomic E-state index is -0.343. The van der Waals surface area contributed by atoms with Crippen LogP contribution in [0.2, 0.25) is 0 Å². The van der Waals surface area contributed by atoms with Gasteiger partial charge in [0, 0.05) is 16.5 Å². The average molecular weight is 574 g/mol. The molecule has 6 aromatic rings. The van der Waals surface area contributed by atoms with Crippen LogP contribution in [0.5, 0.6) is 11.5 Å². The summed E-state index contributed by atoms with van der Waals surface area (Å²) in [5.41, 5.74) is 2.75. The monoisotopic (exact) mass is 573 g/mol. The van der Waals surface area contributed by atoms with Gasteiger partial charge in [-0.1, -0.05) is 54.6 Å². The Bertz CT molecular complexity index is 2010. The molecule has 0 saturated heterocycles. The van der Waals surface area contributed by atoms with Crippen molar-refractivity contribution < 1.29 is 18.3 Å². The first-order chi connectivity index (χ1) is 21.1. The molecule has 0 aliphatic rings. The van der Waals surface area contributed by atoms with Crippen molar-refractivity contribution in [3.63, 3.8) is 0 Å². The van der Waals surface area contributed by atoms with E-state index in [1.807, 2.05) is 49.4 Å². The molecule has 7 nitrogen and oxygen atoms in total. The highest BCUT2D eigenvalue weighted by Crippen LogP contribution is 2.35. The van der Waals surface area contributed by atoms with Crippen molar-refractivity contribution in [1.82, 2.24) is 9.66 Å². The Kier molecular flexibility index (Phi) is 7.82. The molecule has 0 atom stereocenters. The van der Waals surface area contributed by atoms with Gasteiger partial charge in [-0.3, -0.25) is 4.79 Å². The van der Waals surface area contributed by atoms with Crippen LogP contribution in [0.1, 0.15) is 23.6 Å². The predicted molar refractivity (Wildman–Crippen MR) is 166 cm³/mol. The van der Waals surface area contributed by atoms with Gasteiger partial charge >= 0.3 is 0 Å². The molecule has 2 heterocycles. The van der Waals surface area contributed by atoms with Crippen molar-refractivity contribution >= 4 is 28.1 Å². The molecule has 2 aromatic heterocycles. The summed E-state index contributed by atoms with van der Waals surface area (Å²) in [5, 5.41) is 5.91. The Balaban J connectivity index is 1.44. The number of benzene rings is 4. The van der Waals surface area contributed by atoms with E-state index < -0.39 is 0 Å². The Hall–Kier alpha value is -5.50. The number of fused-ring (bicyclic) bond motifs is 2. The van der Waals surface area contributed by atoms with E-state index in [4.69, 9.17) is 18.9 Å². The SMILES string of the molecule is C=CCc1cc(C=Nn2c(-c3cc4ccccc4o3)nc3ccccc3c2=O)cc(OCC)c1OCc1ccccc1F. The lowest BCUT2D eigenvalue weighted by Gasteiger charge is -2.17. The molecule has 0 N–H and O–H groups in total. The zero-order valence-corrected chi connectivity index (χ0v) is 23.5. The van der Waals surface area contributed by atoms with Gasteiger partial charge in [-0.05, 0) is 61.4 Å². The average Bonchev–Trinajstić information content (AvgIpc) is 3.45. The molecule has 0 bridgehead atoms. The van der Waals surface area contributed by atoms with E-state index in [1.165, 1.54) is 10.7 Å². The van der Waals surface area contributed by atoms with Crippen LogP contribution >= 0.6 is 0 Å².